The first kappa shape index (κ1) is 16.6. The summed E-state index contributed by atoms with van der Waals surface area (Å²) in [5, 5.41) is 6.24. The molecule has 0 radical (unpaired) electrons. The van der Waals surface area contributed by atoms with Gasteiger partial charge < -0.3 is 5.32 Å². The van der Waals surface area contributed by atoms with Crippen LogP contribution in [-0.4, -0.2) is 24.6 Å². The maximum Gasteiger partial charge on any atom is 0.259 e. The van der Waals surface area contributed by atoms with E-state index in [4.69, 9.17) is 11.6 Å². The van der Waals surface area contributed by atoms with Crippen molar-refractivity contribution in [1.82, 2.24) is 10.7 Å². The number of hydrogen-bond donors (Lipinski definition) is 2. The zero-order valence-electron chi connectivity index (χ0n) is 11.9. The van der Waals surface area contributed by atoms with Crippen LogP contribution in [0.25, 0.3) is 0 Å². The fraction of sp³-hybridized carbons (Fsp3) is 0.0625. The summed E-state index contributed by atoms with van der Waals surface area (Å²) in [7, 11) is 0. The monoisotopic (exact) mass is 333 g/mol. The first-order valence-electron chi connectivity index (χ1n) is 6.67. The minimum atomic E-state index is -0.548. The van der Waals surface area contributed by atoms with Gasteiger partial charge in [0.05, 0.1) is 17.8 Å². The van der Waals surface area contributed by atoms with Crippen molar-refractivity contribution in [3.05, 3.63) is 70.5 Å². The molecule has 0 aliphatic carbocycles. The Morgan fingerprint density at radius 2 is 1.87 bits per heavy atom. The molecular formula is C16H13ClFN3O2. The number of hydrazone groups is 1. The van der Waals surface area contributed by atoms with Crippen molar-refractivity contribution in [1.29, 1.82) is 0 Å². The second-order valence-electron chi connectivity index (χ2n) is 4.48. The van der Waals surface area contributed by atoms with Gasteiger partial charge >= 0.3 is 0 Å². The van der Waals surface area contributed by atoms with Gasteiger partial charge in [0.2, 0.25) is 0 Å². The van der Waals surface area contributed by atoms with E-state index in [2.05, 4.69) is 15.8 Å². The minimum absolute atomic E-state index is 0.0720. The topological polar surface area (TPSA) is 70.6 Å². The van der Waals surface area contributed by atoms with Crippen molar-refractivity contribution in [2.24, 2.45) is 5.10 Å². The molecule has 0 saturated carbocycles. The van der Waals surface area contributed by atoms with E-state index >= 15 is 0 Å². The Labute approximate surface area is 137 Å². The maximum atomic E-state index is 13.5. The Hall–Kier alpha value is -2.73. The summed E-state index contributed by atoms with van der Waals surface area (Å²) in [5.74, 6) is -1.47. The zero-order valence-corrected chi connectivity index (χ0v) is 12.7. The van der Waals surface area contributed by atoms with Crippen molar-refractivity contribution in [3.8, 4) is 0 Å². The molecule has 0 bridgehead atoms. The molecule has 2 aromatic rings. The van der Waals surface area contributed by atoms with Crippen LogP contribution in [0.15, 0.2) is 53.6 Å². The normalized spacial score (nSPS) is 10.5. The summed E-state index contributed by atoms with van der Waals surface area (Å²) >= 11 is 5.81. The Balaban J connectivity index is 1.84. The van der Waals surface area contributed by atoms with E-state index in [1.165, 1.54) is 18.2 Å². The molecule has 0 atom stereocenters. The number of halogens is 2. The Bertz CT molecular complexity index is 715. The van der Waals surface area contributed by atoms with Gasteiger partial charge in [0.15, 0.2) is 0 Å². The zero-order chi connectivity index (χ0) is 16.7. The summed E-state index contributed by atoms with van der Waals surface area (Å²) in [5.41, 5.74) is 2.70. The highest BCUT2D eigenvalue weighted by atomic mass is 35.5. The number of rotatable bonds is 5. The highest BCUT2D eigenvalue weighted by molar-refractivity contribution is 6.33. The fourth-order valence-electron chi connectivity index (χ4n) is 1.69. The number of carbonyl (C=O) groups excluding carboxylic acids is 2. The highest BCUT2D eigenvalue weighted by Gasteiger charge is 2.07. The summed E-state index contributed by atoms with van der Waals surface area (Å²) in [6.45, 7) is -0.254. The SMILES string of the molecule is O=C(CNC(=O)c1ccccc1)N/N=C\c1c(F)cccc1Cl. The second-order valence-corrected chi connectivity index (χ2v) is 4.88. The predicted octanol–water partition coefficient (Wildman–Crippen LogP) is 2.36. The van der Waals surface area contributed by atoms with Gasteiger partial charge in [-0.1, -0.05) is 35.9 Å². The quantitative estimate of drug-likeness (QED) is 0.651. The fourth-order valence-corrected chi connectivity index (χ4v) is 1.91. The van der Waals surface area contributed by atoms with Crippen LogP contribution in [0.5, 0.6) is 0 Å². The van der Waals surface area contributed by atoms with Gasteiger partial charge in [-0.3, -0.25) is 9.59 Å². The van der Waals surface area contributed by atoms with Gasteiger partial charge in [0.25, 0.3) is 11.8 Å². The molecule has 0 saturated heterocycles. The molecule has 0 spiro atoms. The van der Waals surface area contributed by atoms with Gasteiger partial charge in [0, 0.05) is 11.1 Å². The summed E-state index contributed by atoms with van der Waals surface area (Å²) in [4.78, 5) is 23.3. The molecule has 5 nitrogen and oxygen atoms in total. The van der Waals surface area contributed by atoms with Gasteiger partial charge in [0.1, 0.15) is 5.82 Å². The van der Waals surface area contributed by atoms with Crippen LogP contribution in [0.4, 0.5) is 4.39 Å². The van der Waals surface area contributed by atoms with Gasteiger partial charge in [-0.05, 0) is 24.3 Å². The number of benzene rings is 2. The molecule has 23 heavy (non-hydrogen) atoms. The maximum absolute atomic E-state index is 13.5. The molecule has 118 valence electrons. The largest absolute Gasteiger partial charge is 0.343 e. The molecule has 2 rings (SSSR count). The Morgan fingerprint density at radius 1 is 1.13 bits per heavy atom. The van der Waals surface area contributed by atoms with Crippen molar-refractivity contribution in [3.63, 3.8) is 0 Å². The molecule has 0 unspecified atom stereocenters. The highest BCUT2D eigenvalue weighted by Crippen LogP contribution is 2.16. The number of carbonyl (C=O) groups is 2. The second kappa shape index (κ2) is 8.05. The Kier molecular flexibility index (Phi) is 5.82. The van der Waals surface area contributed by atoms with E-state index in [0.717, 1.165) is 6.21 Å². The first-order chi connectivity index (χ1) is 11.1. The van der Waals surface area contributed by atoms with Crippen molar-refractivity contribution in [2.45, 2.75) is 0 Å². The van der Waals surface area contributed by atoms with E-state index in [1.807, 2.05) is 0 Å². The number of hydrogen-bond acceptors (Lipinski definition) is 3. The summed E-state index contributed by atoms with van der Waals surface area (Å²) in [6, 6.07) is 12.7. The summed E-state index contributed by atoms with van der Waals surface area (Å²) in [6.07, 6.45) is 1.11. The molecule has 7 heteroatoms. The van der Waals surface area contributed by atoms with Crippen LogP contribution in [0.1, 0.15) is 15.9 Å². The van der Waals surface area contributed by atoms with E-state index in [0.29, 0.717) is 5.56 Å². The summed E-state index contributed by atoms with van der Waals surface area (Å²) < 4.78 is 13.5. The van der Waals surface area contributed by atoms with Crippen LogP contribution < -0.4 is 10.7 Å². The lowest BCUT2D eigenvalue weighted by Crippen LogP contribution is -2.34. The van der Waals surface area contributed by atoms with E-state index in [1.54, 1.807) is 30.3 Å². The van der Waals surface area contributed by atoms with Crippen LogP contribution in [0, 0.1) is 5.82 Å². The molecule has 2 N–H and O–H groups in total. The van der Waals surface area contributed by atoms with E-state index in [9.17, 15) is 14.0 Å². The predicted molar refractivity (Wildman–Crippen MR) is 85.9 cm³/mol. The van der Waals surface area contributed by atoms with E-state index < -0.39 is 11.7 Å². The van der Waals surface area contributed by atoms with E-state index in [-0.39, 0.29) is 23.0 Å². The van der Waals surface area contributed by atoms with Crippen molar-refractivity contribution in [2.75, 3.05) is 6.54 Å². The van der Waals surface area contributed by atoms with Gasteiger partial charge in [-0.2, -0.15) is 5.10 Å². The van der Waals surface area contributed by atoms with Gasteiger partial charge in [-0.15, -0.1) is 0 Å². The van der Waals surface area contributed by atoms with Crippen LogP contribution in [0.2, 0.25) is 5.02 Å². The van der Waals surface area contributed by atoms with Crippen LogP contribution >= 0.6 is 11.6 Å². The standard InChI is InChI=1S/C16H13ClFN3O2/c17-13-7-4-8-14(18)12(13)9-20-21-15(22)10-19-16(23)11-5-2-1-3-6-11/h1-9H,10H2,(H,19,23)(H,21,22)/b20-9-. The number of amides is 2. The third-order valence-corrected chi connectivity index (χ3v) is 3.16. The van der Waals surface area contributed by atoms with Gasteiger partial charge in [-0.25, -0.2) is 9.82 Å². The van der Waals surface area contributed by atoms with Crippen LogP contribution in [-0.2, 0) is 4.79 Å². The smallest absolute Gasteiger partial charge is 0.259 e. The third kappa shape index (κ3) is 4.89. The Morgan fingerprint density at radius 3 is 2.57 bits per heavy atom. The van der Waals surface area contributed by atoms with Crippen LogP contribution in [0.3, 0.4) is 0 Å². The molecule has 0 aliphatic heterocycles. The number of nitrogens with one attached hydrogen (secondary N) is 2. The first-order valence-corrected chi connectivity index (χ1v) is 7.05. The molecule has 0 aliphatic rings. The molecule has 0 aromatic heterocycles. The lowest BCUT2D eigenvalue weighted by molar-refractivity contribution is -0.120. The molecule has 2 aromatic carbocycles. The minimum Gasteiger partial charge on any atom is -0.343 e. The average Bonchev–Trinajstić information content (AvgIpc) is 2.56. The van der Waals surface area contributed by atoms with Crippen molar-refractivity contribution < 1.29 is 14.0 Å². The molecular weight excluding hydrogens is 321 g/mol. The molecule has 0 fully saturated rings. The average molecular weight is 334 g/mol. The molecule has 0 heterocycles. The number of nitrogens with zero attached hydrogens (tertiary/aromatic N) is 1. The third-order valence-electron chi connectivity index (χ3n) is 2.83. The molecule has 2 amide bonds. The lowest BCUT2D eigenvalue weighted by Gasteiger charge is -2.04. The van der Waals surface area contributed by atoms with Crippen molar-refractivity contribution >= 4 is 29.6 Å². The lowest BCUT2D eigenvalue weighted by atomic mass is 10.2.